The van der Waals surface area contributed by atoms with E-state index in [4.69, 9.17) is 0 Å². The zero-order valence-electron chi connectivity index (χ0n) is 9.97. The molecular formula is C12H23NS. The van der Waals surface area contributed by atoms with E-state index in [2.05, 4.69) is 31.3 Å². The molecule has 1 spiro atoms. The van der Waals surface area contributed by atoms with E-state index in [0.717, 1.165) is 11.3 Å². The molecule has 1 aliphatic heterocycles. The maximum absolute atomic E-state index is 2.49. The van der Waals surface area contributed by atoms with E-state index in [1.807, 2.05) is 11.9 Å². The highest BCUT2D eigenvalue weighted by Crippen LogP contribution is 2.55. The third-order valence-corrected chi connectivity index (χ3v) is 4.40. The molecular weight excluding hydrogens is 190 g/mol. The Balaban J connectivity index is 1.71. The van der Waals surface area contributed by atoms with Crippen LogP contribution in [0.2, 0.25) is 0 Å². The Morgan fingerprint density at radius 1 is 1.29 bits per heavy atom. The second-order valence-corrected chi connectivity index (χ2v) is 7.40. The Labute approximate surface area is 92.8 Å². The number of hydrogen-bond acceptors (Lipinski definition) is 2. The highest BCUT2D eigenvalue weighted by atomic mass is 32.2. The first-order chi connectivity index (χ1) is 6.42. The largest absolute Gasteiger partial charge is 0.250 e. The fourth-order valence-corrected chi connectivity index (χ4v) is 4.07. The predicted octanol–water partition coefficient (Wildman–Crippen LogP) is 3.41. The average Bonchev–Trinajstić information content (AvgIpc) is 1.88. The van der Waals surface area contributed by atoms with Gasteiger partial charge in [0, 0.05) is 13.1 Å². The zero-order valence-corrected chi connectivity index (χ0v) is 10.8. The minimum atomic E-state index is 0.537. The molecule has 14 heavy (non-hydrogen) atoms. The van der Waals surface area contributed by atoms with Crippen molar-refractivity contribution in [3.63, 3.8) is 0 Å². The van der Waals surface area contributed by atoms with Gasteiger partial charge in [0.2, 0.25) is 0 Å². The van der Waals surface area contributed by atoms with E-state index in [-0.39, 0.29) is 0 Å². The van der Waals surface area contributed by atoms with Gasteiger partial charge in [-0.2, -0.15) is 0 Å². The monoisotopic (exact) mass is 213 g/mol. The number of rotatable bonds is 2. The first-order valence-corrected chi connectivity index (χ1v) is 6.90. The van der Waals surface area contributed by atoms with E-state index >= 15 is 0 Å². The Morgan fingerprint density at radius 2 is 1.86 bits per heavy atom. The zero-order chi connectivity index (χ0) is 10.4. The van der Waals surface area contributed by atoms with Gasteiger partial charge in [0.1, 0.15) is 0 Å². The molecule has 2 rings (SSSR count). The normalized spacial score (nSPS) is 27.4. The minimum Gasteiger partial charge on any atom is -0.250 e. The third kappa shape index (κ3) is 2.11. The Bertz CT molecular complexity index is 205. The fraction of sp³-hybridized carbons (Fsp3) is 1.00. The molecule has 2 aliphatic rings. The molecule has 0 aromatic rings. The molecule has 0 bridgehead atoms. The molecule has 0 unspecified atom stereocenters. The van der Waals surface area contributed by atoms with Crippen LogP contribution < -0.4 is 0 Å². The van der Waals surface area contributed by atoms with Crippen LogP contribution in [-0.4, -0.2) is 23.7 Å². The molecule has 1 heterocycles. The van der Waals surface area contributed by atoms with Crippen LogP contribution in [0.4, 0.5) is 0 Å². The minimum absolute atomic E-state index is 0.537. The third-order valence-electron chi connectivity index (χ3n) is 3.63. The highest BCUT2D eigenvalue weighted by Gasteiger charge is 2.52. The smallest absolute Gasteiger partial charge is 0.0159 e. The van der Waals surface area contributed by atoms with Gasteiger partial charge in [-0.15, -0.1) is 0 Å². The van der Waals surface area contributed by atoms with E-state index in [0.29, 0.717) is 5.41 Å². The van der Waals surface area contributed by atoms with E-state index in [1.165, 1.54) is 32.4 Å². The maximum atomic E-state index is 2.49. The molecule has 0 radical (unpaired) electrons. The molecule has 0 atom stereocenters. The lowest BCUT2D eigenvalue weighted by Gasteiger charge is -2.59. The first-order valence-electron chi connectivity index (χ1n) is 5.72. The van der Waals surface area contributed by atoms with Gasteiger partial charge in [-0.05, 0) is 42.3 Å². The SMILES string of the molecule is CSN1CC2(CC(CC(C)(C)C)C2)C1. The number of nitrogens with zero attached hydrogens (tertiary/aromatic N) is 1. The van der Waals surface area contributed by atoms with Crippen molar-refractivity contribution in [2.75, 3.05) is 19.3 Å². The van der Waals surface area contributed by atoms with Gasteiger partial charge in [-0.25, -0.2) is 4.31 Å². The van der Waals surface area contributed by atoms with Gasteiger partial charge in [0.05, 0.1) is 0 Å². The van der Waals surface area contributed by atoms with Gasteiger partial charge in [0.15, 0.2) is 0 Å². The summed E-state index contributed by atoms with van der Waals surface area (Å²) in [6.07, 6.45) is 6.62. The summed E-state index contributed by atoms with van der Waals surface area (Å²) in [6, 6.07) is 0. The van der Waals surface area contributed by atoms with Crippen LogP contribution in [0.3, 0.4) is 0 Å². The number of hydrogen-bond donors (Lipinski definition) is 0. The molecule has 2 heteroatoms. The van der Waals surface area contributed by atoms with Gasteiger partial charge < -0.3 is 0 Å². The Hall–Kier alpha value is 0.310. The molecule has 0 N–H and O–H groups in total. The summed E-state index contributed by atoms with van der Waals surface area (Å²) in [7, 11) is 0. The Kier molecular flexibility index (Phi) is 2.64. The molecule has 1 nitrogen and oxygen atoms in total. The molecule has 0 amide bonds. The topological polar surface area (TPSA) is 3.24 Å². The summed E-state index contributed by atoms with van der Waals surface area (Å²) in [5.74, 6) is 1.03. The van der Waals surface area contributed by atoms with Crippen LogP contribution in [0.1, 0.15) is 40.0 Å². The van der Waals surface area contributed by atoms with Crippen molar-refractivity contribution in [1.82, 2.24) is 4.31 Å². The molecule has 2 fully saturated rings. The second-order valence-electron chi connectivity index (χ2n) is 6.52. The quantitative estimate of drug-likeness (QED) is 0.647. The lowest BCUT2D eigenvalue weighted by molar-refractivity contribution is -0.0596. The molecule has 1 saturated heterocycles. The van der Waals surface area contributed by atoms with Crippen molar-refractivity contribution in [2.24, 2.45) is 16.7 Å². The molecule has 0 aromatic carbocycles. The van der Waals surface area contributed by atoms with Crippen molar-refractivity contribution in [2.45, 2.75) is 40.0 Å². The molecule has 1 saturated carbocycles. The van der Waals surface area contributed by atoms with Crippen molar-refractivity contribution >= 4 is 11.9 Å². The lowest BCUT2D eigenvalue weighted by atomic mass is 9.56. The van der Waals surface area contributed by atoms with Crippen molar-refractivity contribution in [3.05, 3.63) is 0 Å². The van der Waals surface area contributed by atoms with Crippen molar-refractivity contribution in [1.29, 1.82) is 0 Å². The first kappa shape index (κ1) is 10.8. The highest BCUT2D eigenvalue weighted by molar-refractivity contribution is 7.96. The van der Waals surface area contributed by atoms with Crippen LogP contribution in [0.25, 0.3) is 0 Å². The average molecular weight is 213 g/mol. The van der Waals surface area contributed by atoms with Gasteiger partial charge in [-0.3, -0.25) is 0 Å². The van der Waals surface area contributed by atoms with Crippen molar-refractivity contribution < 1.29 is 0 Å². The lowest BCUT2D eigenvalue weighted by Crippen LogP contribution is -2.59. The van der Waals surface area contributed by atoms with Crippen LogP contribution in [-0.2, 0) is 0 Å². The van der Waals surface area contributed by atoms with E-state index < -0.39 is 0 Å². The molecule has 82 valence electrons. The summed E-state index contributed by atoms with van der Waals surface area (Å²) in [4.78, 5) is 0. The van der Waals surface area contributed by atoms with E-state index in [9.17, 15) is 0 Å². The van der Waals surface area contributed by atoms with Crippen LogP contribution >= 0.6 is 11.9 Å². The second kappa shape index (κ2) is 3.41. The van der Waals surface area contributed by atoms with Gasteiger partial charge >= 0.3 is 0 Å². The Morgan fingerprint density at radius 3 is 2.29 bits per heavy atom. The summed E-state index contributed by atoms with van der Waals surface area (Å²) in [6.45, 7) is 9.82. The molecule has 0 aromatic heterocycles. The van der Waals surface area contributed by atoms with Crippen LogP contribution in [0, 0.1) is 16.7 Å². The standard InChI is InChI=1S/C12H23NS/c1-11(2,3)5-10-6-12(7-10)8-13(9-12)14-4/h10H,5-9H2,1-4H3. The van der Waals surface area contributed by atoms with E-state index in [1.54, 1.807) is 0 Å². The summed E-state index contributed by atoms with van der Waals surface area (Å²) in [5.41, 5.74) is 1.30. The van der Waals surface area contributed by atoms with Crippen molar-refractivity contribution in [3.8, 4) is 0 Å². The summed E-state index contributed by atoms with van der Waals surface area (Å²) < 4.78 is 2.49. The fourth-order valence-electron chi connectivity index (χ4n) is 3.26. The summed E-state index contributed by atoms with van der Waals surface area (Å²) in [5, 5.41) is 0. The molecule has 1 aliphatic carbocycles. The predicted molar refractivity (Wildman–Crippen MR) is 64.3 cm³/mol. The van der Waals surface area contributed by atoms with Gasteiger partial charge in [0.25, 0.3) is 0 Å². The summed E-state index contributed by atoms with van der Waals surface area (Å²) >= 11 is 1.91. The van der Waals surface area contributed by atoms with Crippen LogP contribution in [0.5, 0.6) is 0 Å². The van der Waals surface area contributed by atoms with Crippen LogP contribution in [0.15, 0.2) is 0 Å². The maximum Gasteiger partial charge on any atom is 0.0159 e. The van der Waals surface area contributed by atoms with Gasteiger partial charge in [-0.1, -0.05) is 32.7 Å².